The van der Waals surface area contributed by atoms with Crippen LogP contribution in [-0.4, -0.2) is 23.9 Å². The molecule has 1 rings (SSSR count). The van der Waals surface area contributed by atoms with Crippen LogP contribution in [0.4, 0.5) is 11.4 Å². The fourth-order valence-corrected chi connectivity index (χ4v) is 1.23. The van der Waals surface area contributed by atoms with Crippen LogP contribution in [0, 0.1) is 17.0 Å². The zero-order chi connectivity index (χ0) is 13.0. The van der Waals surface area contributed by atoms with Gasteiger partial charge in [-0.15, -0.1) is 0 Å². The van der Waals surface area contributed by atoms with Crippen LogP contribution >= 0.6 is 0 Å². The van der Waals surface area contributed by atoms with Crippen molar-refractivity contribution >= 4 is 17.3 Å². The number of hydrogen-bond donors (Lipinski definition) is 2. The van der Waals surface area contributed by atoms with Crippen molar-refractivity contribution in [1.82, 2.24) is 5.32 Å². The highest BCUT2D eigenvalue weighted by atomic mass is 16.6. The smallest absolute Gasteiger partial charge is 0.271 e. The van der Waals surface area contributed by atoms with Crippen LogP contribution in [0.5, 0.6) is 0 Å². The van der Waals surface area contributed by atoms with Crippen LogP contribution in [0.25, 0.3) is 0 Å². The van der Waals surface area contributed by atoms with Crippen LogP contribution in [0.1, 0.15) is 12.5 Å². The molecule has 2 N–H and O–H groups in total. The van der Waals surface area contributed by atoms with E-state index in [1.165, 1.54) is 12.1 Å². The molecule has 1 amide bonds. The van der Waals surface area contributed by atoms with E-state index < -0.39 is 4.92 Å². The van der Waals surface area contributed by atoms with Crippen molar-refractivity contribution in [3.8, 4) is 0 Å². The number of benzene rings is 1. The number of carbonyl (C=O) groups excluding carboxylic acids is 1. The summed E-state index contributed by atoms with van der Waals surface area (Å²) < 4.78 is 0. The highest BCUT2D eigenvalue weighted by Crippen LogP contribution is 2.21. The van der Waals surface area contributed by atoms with Crippen molar-refractivity contribution in [3.63, 3.8) is 0 Å². The summed E-state index contributed by atoms with van der Waals surface area (Å²) >= 11 is 0. The van der Waals surface area contributed by atoms with E-state index >= 15 is 0 Å². The predicted octanol–water partition coefficient (Wildman–Crippen LogP) is 1.45. The van der Waals surface area contributed by atoms with Gasteiger partial charge in [-0.3, -0.25) is 14.9 Å². The molecule has 0 aliphatic heterocycles. The first-order chi connectivity index (χ1) is 7.95. The summed E-state index contributed by atoms with van der Waals surface area (Å²) in [5.41, 5.74) is 1.21. The third-order valence-corrected chi connectivity index (χ3v) is 2.52. The Kier molecular flexibility index (Phi) is 4.17. The first-order valence-corrected chi connectivity index (χ1v) is 5.19. The van der Waals surface area contributed by atoms with Gasteiger partial charge in [0.15, 0.2) is 0 Å². The van der Waals surface area contributed by atoms with Gasteiger partial charge in [-0.2, -0.15) is 0 Å². The molecular weight excluding hydrogens is 222 g/mol. The maximum atomic E-state index is 11.6. The van der Waals surface area contributed by atoms with E-state index in [0.717, 1.165) is 5.56 Å². The molecule has 0 aliphatic carbocycles. The number of nitro groups is 1. The highest BCUT2D eigenvalue weighted by Gasteiger charge is 2.14. The molecule has 17 heavy (non-hydrogen) atoms. The zero-order valence-electron chi connectivity index (χ0n) is 9.98. The van der Waals surface area contributed by atoms with Gasteiger partial charge in [0.1, 0.15) is 0 Å². The van der Waals surface area contributed by atoms with E-state index in [2.05, 4.69) is 10.6 Å². The summed E-state index contributed by atoms with van der Waals surface area (Å²) in [6.07, 6.45) is 0. The molecular formula is C11H15N3O3. The van der Waals surface area contributed by atoms with Crippen molar-refractivity contribution < 1.29 is 9.72 Å². The number of aryl methyl sites for hydroxylation is 1. The van der Waals surface area contributed by atoms with Crippen molar-refractivity contribution in [2.24, 2.45) is 0 Å². The lowest BCUT2D eigenvalue weighted by Gasteiger charge is -2.12. The maximum absolute atomic E-state index is 11.6. The standard InChI is InChI=1S/C11H15N3O3/c1-7-4-5-9(14(16)17)6-10(7)13-11(15)8(2)12-3/h4-6,8,12H,1-3H3,(H,13,15). The second kappa shape index (κ2) is 5.40. The Labute approximate surface area is 99.2 Å². The fraction of sp³-hybridized carbons (Fsp3) is 0.364. The zero-order valence-corrected chi connectivity index (χ0v) is 9.98. The average Bonchev–Trinajstić information content (AvgIpc) is 2.30. The summed E-state index contributed by atoms with van der Waals surface area (Å²) in [6, 6.07) is 4.02. The van der Waals surface area contributed by atoms with Gasteiger partial charge < -0.3 is 10.6 Å². The van der Waals surface area contributed by atoms with Crippen molar-refractivity contribution in [2.75, 3.05) is 12.4 Å². The molecule has 1 atom stereocenters. The number of carbonyl (C=O) groups is 1. The molecule has 1 aromatic rings. The van der Waals surface area contributed by atoms with E-state index in [4.69, 9.17) is 0 Å². The van der Waals surface area contributed by atoms with Gasteiger partial charge in [-0.25, -0.2) is 0 Å². The molecule has 0 spiro atoms. The number of non-ortho nitro benzene ring substituents is 1. The van der Waals surface area contributed by atoms with Gasteiger partial charge in [0.25, 0.3) is 5.69 Å². The number of hydrogen-bond acceptors (Lipinski definition) is 4. The van der Waals surface area contributed by atoms with Gasteiger partial charge in [0.2, 0.25) is 5.91 Å². The summed E-state index contributed by atoms with van der Waals surface area (Å²) in [6.45, 7) is 3.49. The minimum atomic E-state index is -0.489. The van der Waals surface area contributed by atoms with E-state index in [0.29, 0.717) is 5.69 Å². The lowest BCUT2D eigenvalue weighted by molar-refractivity contribution is -0.384. The minimum absolute atomic E-state index is 0.0389. The topological polar surface area (TPSA) is 84.3 Å². The van der Waals surface area contributed by atoms with Gasteiger partial charge in [-0.05, 0) is 26.5 Å². The average molecular weight is 237 g/mol. The van der Waals surface area contributed by atoms with Crippen LogP contribution in [0.2, 0.25) is 0 Å². The van der Waals surface area contributed by atoms with Crippen molar-refractivity contribution in [2.45, 2.75) is 19.9 Å². The third kappa shape index (κ3) is 3.25. The lowest BCUT2D eigenvalue weighted by atomic mass is 10.1. The molecule has 6 nitrogen and oxygen atoms in total. The normalized spacial score (nSPS) is 11.9. The Balaban J connectivity index is 2.94. The molecule has 0 radical (unpaired) electrons. The largest absolute Gasteiger partial charge is 0.324 e. The molecule has 1 aromatic carbocycles. The Morgan fingerprint density at radius 3 is 2.65 bits per heavy atom. The first kappa shape index (κ1) is 13.1. The Hall–Kier alpha value is -1.95. The molecule has 0 aromatic heterocycles. The Morgan fingerprint density at radius 2 is 2.12 bits per heavy atom. The Morgan fingerprint density at radius 1 is 1.47 bits per heavy atom. The van der Waals surface area contributed by atoms with Crippen molar-refractivity contribution in [3.05, 3.63) is 33.9 Å². The number of rotatable bonds is 4. The summed E-state index contributed by atoms with van der Waals surface area (Å²) in [7, 11) is 1.67. The predicted molar refractivity (Wildman–Crippen MR) is 65.0 cm³/mol. The molecule has 0 saturated heterocycles. The highest BCUT2D eigenvalue weighted by molar-refractivity contribution is 5.95. The van der Waals surface area contributed by atoms with E-state index in [-0.39, 0.29) is 17.6 Å². The molecule has 92 valence electrons. The quantitative estimate of drug-likeness (QED) is 0.613. The second-order valence-corrected chi connectivity index (χ2v) is 3.76. The van der Waals surface area contributed by atoms with Crippen LogP contribution in [-0.2, 0) is 4.79 Å². The van der Waals surface area contributed by atoms with Gasteiger partial charge in [0, 0.05) is 12.1 Å². The molecule has 0 saturated carbocycles. The summed E-state index contributed by atoms with van der Waals surface area (Å²) in [5.74, 6) is -0.226. The van der Waals surface area contributed by atoms with E-state index in [9.17, 15) is 14.9 Å². The summed E-state index contributed by atoms with van der Waals surface area (Å²) in [4.78, 5) is 21.8. The molecule has 0 heterocycles. The Bertz CT molecular complexity index is 446. The maximum Gasteiger partial charge on any atom is 0.271 e. The first-order valence-electron chi connectivity index (χ1n) is 5.19. The van der Waals surface area contributed by atoms with E-state index in [1.54, 1.807) is 27.0 Å². The number of anilines is 1. The van der Waals surface area contributed by atoms with Crippen LogP contribution < -0.4 is 10.6 Å². The number of likely N-dealkylation sites (N-methyl/N-ethyl adjacent to an activating group) is 1. The second-order valence-electron chi connectivity index (χ2n) is 3.76. The molecule has 0 fully saturated rings. The molecule has 6 heteroatoms. The van der Waals surface area contributed by atoms with Crippen molar-refractivity contribution in [1.29, 1.82) is 0 Å². The van der Waals surface area contributed by atoms with Gasteiger partial charge in [-0.1, -0.05) is 6.07 Å². The SMILES string of the molecule is CNC(C)C(=O)Nc1cc([N+](=O)[O-])ccc1C. The van der Waals surface area contributed by atoms with Gasteiger partial charge in [0.05, 0.1) is 16.7 Å². The number of nitro benzene ring substituents is 1. The number of amides is 1. The lowest BCUT2D eigenvalue weighted by Crippen LogP contribution is -2.35. The van der Waals surface area contributed by atoms with Crippen LogP contribution in [0.3, 0.4) is 0 Å². The summed E-state index contributed by atoms with van der Waals surface area (Å²) in [5, 5.41) is 16.1. The molecule has 0 bridgehead atoms. The monoisotopic (exact) mass is 237 g/mol. The van der Waals surface area contributed by atoms with E-state index in [1.807, 2.05) is 0 Å². The number of nitrogens with zero attached hydrogens (tertiary/aromatic N) is 1. The minimum Gasteiger partial charge on any atom is -0.324 e. The van der Waals surface area contributed by atoms with Crippen LogP contribution in [0.15, 0.2) is 18.2 Å². The molecule has 1 unspecified atom stereocenters. The number of nitrogens with one attached hydrogen (secondary N) is 2. The fourth-order valence-electron chi connectivity index (χ4n) is 1.23. The van der Waals surface area contributed by atoms with Gasteiger partial charge >= 0.3 is 0 Å². The molecule has 0 aliphatic rings. The third-order valence-electron chi connectivity index (χ3n) is 2.52.